The number of ether oxygens (including phenoxy) is 1. The molecule has 0 saturated carbocycles. The molecule has 1 nitrogen and oxygen atoms in total. The Labute approximate surface area is 121 Å². The van der Waals surface area contributed by atoms with Gasteiger partial charge in [-0.2, -0.15) is 13.2 Å². The molecule has 0 spiro atoms. The molecule has 21 heavy (non-hydrogen) atoms. The summed E-state index contributed by atoms with van der Waals surface area (Å²) in [5, 5.41) is 0. The fourth-order valence-corrected chi connectivity index (χ4v) is 1.64. The summed E-state index contributed by atoms with van der Waals surface area (Å²) in [5.74, 6) is 4.64. The van der Waals surface area contributed by atoms with Gasteiger partial charge in [0.2, 0.25) is 6.10 Å². The predicted octanol–water partition coefficient (Wildman–Crippen LogP) is 4.19. The van der Waals surface area contributed by atoms with Gasteiger partial charge in [-0.3, -0.25) is 0 Å². The van der Waals surface area contributed by atoms with Gasteiger partial charge in [0.25, 0.3) is 0 Å². The van der Waals surface area contributed by atoms with Gasteiger partial charge in [-0.15, -0.1) is 0 Å². The van der Waals surface area contributed by atoms with Crippen LogP contribution in [0.4, 0.5) is 13.2 Å². The molecule has 2 rings (SSSR count). The molecular formula is C17H13F3O. The predicted molar refractivity (Wildman–Crippen MR) is 74.4 cm³/mol. The van der Waals surface area contributed by atoms with Gasteiger partial charge in [0.15, 0.2) is 0 Å². The second-order valence-corrected chi connectivity index (χ2v) is 4.35. The highest BCUT2D eigenvalue weighted by atomic mass is 19.4. The summed E-state index contributed by atoms with van der Waals surface area (Å²) in [6, 6.07) is 17.2. The molecule has 108 valence electrons. The van der Waals surface area contributed by atoms with E-state index in [1.165, 1.54) is 0 Å². The average Bonchev–Trinajstić information content (AvgIpc) is 2.48. The maximum Gasteiger partial charge on any atom is 0.426 e. The lowest BCUT2D eigenvalue weighted by Crippen LogP contribution is -2.30. The normalized spacial score (nSPS) is 12.3. The van der Waals surface area contributed by atoms with Crippen LogP contribution in [0.25, 0.3) is 0 Å². The van der Waals surface area contributed by atoms with Crippen LogP contribution in [-0.2, 0) is 11.3 Å². The van der Waals surface area contributed by atoms with Crippen LogP contribution in [0.2, 0.25) is 0 Å². The molecule has 1 atom stereocenters. The molecular weight excluding hydrogens is 277 g/mol. The van der Waals surface area contributed by atoms with E-state index in [1.807, 2.05) is 0 Å². The highest BCUT2D eigenvalue weighted by Crippen LogP contribution is 2.23. The van der Waals surface area contributed by atoms with Gasteiger partial charge in [-0.05, 0) is 17.7 Å². The fourth-order valence-electron chi connectivity index (χ4n) is 1.64. The van der Waals surface area contributed by atoms with Gasteiger partial charge in [0, 0.05) is 5.56 Å². The summed E-state index contributed by atoms with van der Waals surface area (Å²) in [4.78, 5) is 0. The number of benzene rings is 2. The molecule has 0 unspecified atom stereocenters. The molecule has 0 heterocycles. The Balaban J connectivity index is 2.08. The molecule has 0 aliphatic heterocycles. The largest absolute Gasteiger partial charge is 0.426 e. The molecule has 0 saturated heterocycles. The number of rotatable bonds is 3. The monoisotopic (exact) mass is 290 g/mol. The Hall–Kier alpha value is -2.25. The van der Waals surface area contributed by atoms with Crippen LogP contribution in [0.3, 0.4) is 0 Å². The Morgan fingerprint density at radius 3 is 2.05 bits per heavy atom. The average molecular weight is 290 g/mol. The quantitative estimate of drug-likeness (QED) is 0.770. The maximum atomic E-state index is 12.9. The van der Waals surface area contributed by atoms with Gasteiger partial charge in [0.05, 0.1) is 6.61 Å². The fraction of sp³-hybridized carbons (Fsp3) is 0.176. The third kappa shape index (κ3) is 4.97. The van der Waals surface area contributed by atoms with Crippen LogP contribution in [-0.4, -0.2) is 12.3 Å². The summed E-state index contributed by atoms with van der Waals surface area (Å²) in [5.41, 5.74) is 1.20. The summed E-state index contributed by atoms with van der Waals surface area (Å²) >= 11 is 0. The van der Waals surface area contributed by atoms with E-state index < -0.39 is 12.3 Å². The number of halogens is 3. The summed E-state index contributed by atoms with van der Waals surface area (Å²) in [6.45, 7) is -0.130. The minimum absolute atomic E-state index is 0.130. The van der Waals surface area contributed by atoms with Crippen molar-refractivity contribution in [2.75, 3.05) is 0 Å². The summed E-state index contributed by atoms with van der Waals surface area (Å²) in [7, 11) is 0. The van der Waals surface area contributed by atoms with Crippen LogP contribution in [0.5, 0.6) is 0 Å². The van der Waals surface area contributed by atoms with Gasteiger partial charge in [-0.25, -0.2) is 0 Å². The van der Waals surface area contributed by atoms with Gasteiger partial charge < -0.3 is 4.74 Å². The summed E-state index contributed by atoms with van der Waals surface area (Å²) < 4.78 is 43.6. The molecule has 0 amide bonds. The third-order valence-electron chi connectivity index (χ3n) is 2.68. The lowest BCUT2D eigenvalue weighted by molar-refractivity contribution is -0.203. The number of alkyl halides is 3. The van der Waals surface area contributed by atoms with Crippen molar-refractivity contribution < 1.29 is 17.9 Å². The summed E-state index contributed by atoms with van der Waals surface area (Å²) in [6.07, 6.45) is -6.62. The molecule has 0 bridgehead atoms. The minimum atomic E-state index is -4.52. The zero-order valence-corrected chi connectivity index (χ0v) is 11.1. The number of hydrogen-bond acceptors (Lipinski definition) is 1. The number of hydrogen-bond donors (Lipinski definition) is 0. The topological polar surface area (TPSA) is 9.23 Å². The Kier molecular flexibility index (Phi) is 5.02. The van der Waals surface area contributed by atoms with Crippen molar-refractivity contribution >= 4 is 0 Å². The Bertz CT molecular complexity index is 609. The van der Waals surface area contributed by atoms with Crippen LogP contribution >= 0.6 is 0 Å². The van der Waals surface area contributed by atoms with E-state index >= 15 is 0 Å². The molecule has 2 aromatic rings. The first-order valence-electron chi connectivity index (χ1n) is 6.34. The smallest absolute Gasteiger partial charge is 0.352 e. The van der Waals surface area contributed by atoms with Crippen molar-refractivity contribution in [1.82, 2.24) is 0 Å². The molecule has 0 aliphatic rings. The van der Waals surface area contributed by atoms with Crippen LogP contribution in [0.15, 0.2) is 60.7 Å². The molecule has 4 heteroatoms. The van der Waals surface area contributed by atoms with E-state index in [1.54, 1.807) is 60.7 Å². The van der Waals surface area contributed by atoms with Gasteiger partial charge in [-0.1, -0.05) is 60.4 Å². The highest BCUT2D eigenvalue weighted by molar-refractivity contribution is 5.34. The molecule has 0 aromatic heterocycles. The van der Waals surface area contributed by atoms with Crippen molar-refractivity contribution in [3.05, 3.63) is 71.8 Å². The van der Waals surface area contributed by atoms with Crippen molar-refractivity contribution in [2.45, 2.75) is 18.9 Å². The first kappa shape index (κ1) is 15.1. The first-order valence-corrected chi connectivity index (χ1v) is 6.34. The van der Waals surface area contributed by atoms with Crippen molar-refractivity contribution in [1.29, 1.82) is 0 Å². The van der Waals surface area contributed by atoms with E-state index in [0.29, 0.717) is 11.1 Å². The standard InChI is InChI=1S/C17H13F3O/c18-17(19,20)16(12-11-14-7-3-1-4-8-14)21-13-15-9-5-2-6-10-15/h1-10,16H,13H2/t16-/m1/s1. The second-order valence-electron chi connectivity index (χ2n) is 4.35. The lowest BCUT2D eigenvalue weighted by atomic mass is 10.2. The Morgan fingerprint density at radius 2 is 1.48 bits per heavy atom. The molecule has 0 N–H and O–H groups in total. The van der Waals surface area contributed by atoms with Gasteiger partial charge >= 0.3 is 6.18 Å². The van der Waals surface area contributed by atoms with E-state index in [9.17, 15) is 13.2 Å². The van der Waals surface area contributed by atoms with E-state index in [0.717, 1.165) is 0 Å². The van der Waals surface area contributed by atoms with E-state index in [2.05, 4.69) is 11.8 Å². The minimum Gasteiger partial charge on any atom is -0.352 e. The first-order chi connectivity index (χ1) is 10.1. The zero-order valence-electron chi connectivity index (χ0n) is 11.1. The maximum absolute atomic E-state index is 12.9. The third-order valence-corrected chi connectivity index (χ3v) is 2.68. The zero-order chi connectivity index (χ0) is 15.1. The van der Waals surface area contributed by atoms with E-state index in [-0.39, 0.29) is 6.61 Å². The SMILES string of the molecule is FC(F)(F)[C@@H](C#Cc1ccccc1)OCc1ccccc1. The van der Waals surface area contributed by atoms with Crippen LogP contribution in [0.1, 0.15) is 11.1 Å². The van der Waals surface area contributed by atoms with Crippen molar-refractivity contribution in [2.24, 2.45) is 0 Å². The second kappa shape index (κ2) is 6.96. The van der Waals surface area contributed by atoms with Crippen LogP contribution < -0.4 is 0 Å². The molecule has 0 fully saturated rings. The van der Waals surface area contributed by atoms with Gasteiger partial charge in [0.1, 0.15) is 0 Å². The van der Waals surface area contributed by atoms with Crippen LogP contribution in [0, 0.1) is 11.8 Å². The molecule has 0 aliphatic carbocycles. The molecule has 2 aromatic carbocycles. The lowest BCUT2D eigenvalue weighted by Gasteiger charge is -2.15. The molecule has 0 radical (unpaired) electrons. The van der Waals surface area contributed by atoms with E-state index in [4.69, 9.17) is 4.74 Å². The Morgan fingerprint density at radius 1 is 0.905 bits per heavy atom. The highest BCUT2D eigenvalue weighted by Gasteiger charge is 2.39. The van der Waals surface area contributed by atoms with Crippen molar-refractivity contribution in [3.8, 4) is 11.8 Å². The van der Waals surface area contributed by atoms with Crippen molar-refractivity contribution in [3.63, 3.8) is 0 Å².